The molecule has 2 aliphatic rings. The normalized spacial score (nSPS) is 18.4. The summed E-state index contributed by atoms with van der Waals surface area (Å²) in [6.07, 6.45) is 6.07. The Morgan fingerprint density at radius 1 is 0.946 bits per heavy atom. The number of amides is 2. The van der Waals surface area contributed by atoms with Crippen molar-refractivity contribution in [3.05, 3.63) is 87.8 Å². The van der Waals surface area contributed by atoms with Crippen LogP contribution in [0.1, 0.15) is 76.8 Å². The lowest BCUT2D eigenvalue weighted by Gasteiger charge is -2.35. The molecule has 1 aliphatic heterocycles. The van der Waals surface area contributed by atoms with Crippen LogP contribution in [0.3, 0.4) is 0 Å². The summed E-state index contributed by atoms with van der Waals surface area (Å²) in [6.45, 7) is 8.47. The summed E-state index contributed by atoms with van der Waals surface area (Å²) < 4.78 is 0. The van der Waals surface area contributed by atoms with Crippen molar-refractivity contribution in [2.75, 3.05) is 18.4 Å². The van der Waals surface area contributed by atoms with E-state index in [9.17, 15) is 9.59 Å². The summed E-state index contributed by atoms with van der Waals surface area (Å²) in [6, 6.07) is 19.9. The van der Waals surface area contributed by atoms with Gasteiger partial charge in [0.25, 0.3) is 11.8 Å². The Balaban J connectivity index is 1.36. The molecule has 1 atom stereocenters. The van der Waals surface area contributed by atoms with E-state index in [1.54, 1.807) is 11.3 Å². The average molecular weight is 515 g/mol. The van der Waals surface area contributed by atoms with Crippen LogP contribution in [0.4, 0.5) is 5.00 Å². The minimum absolute atomic E-state index is 0.0910. The molecule has 1 unspecified atom stereocenters. The Morgan fingerprint density at radius 2 is 1.59 bits per heavy atom. The number of anilines is 1. The molecule has 1 aliphatic carbocycles. The van der Waals surface area contributed by atoms with Crippen LogP contribution >= 0.6 is 11.3 Å². The number of benzene rings is 2. The van der Waals surface area contributed by atoms with Crippen molar-refractivity contribution in [3.8, 4) is 0 Å². The largest absolute Gasteiger partial charge is 0.339 e. The molecule has 37 heavy (non-hydrogen) atoms. The Hall–Kier alpha value is -2.92. The molecule has 2 amide bonds. The number of carbonyl (C=O) groups excluding carboxylic acids is 2. The van der Waals surface area contributed by atoms with E-state index in [4.69, 9.17) is 0 Å². The maximum absolute atomic E-state index is 14.0. The zero-order valence-electron chi connectivity index (χ0n) is 22.3. The number of thiophene rings is 1. The Bertz CT molecular complexity index is 1240. The standard InChI is InChI=1S/C32H38N2O2S/c1-32(2,3)25-14-15-26-27(21-25)37-30(33-29(35)24-12-8-5-9-13-24)28(26)31(36)34-18-16-23(17-19-34)20-22-10-6-4-7-11-22/h4-13,23,25H,14-21H2,1-3H3,(H,33,35). The van der Waals surface area contributed by atoms with Gasteiger partial charge in [0.1, 0.15) is 5.00 Å². The van der Waals surface area contributed by atoms with Gasteiger partial charge in [-0.15, -0.1) is 11.3 Å². The summed E-state index contributed by atoms with van der Waals surface area (Å²) >= 11 is 1.62. The molecule has 5 heteroatoms. The zero-order valence-corrected chi connectivity index (χ0v) is 23.1. The number of nitrogens with one attached hydrogen (secondary N) is 1. The number of nitrogens with zero attached hydrogens (tertiary/aromatic N) is 1. The SMILES string of the molecule is CC(C)(C)C1CCc2c(sc(NC(=O)c3ccccc3)c2C(=O)N2CCC(Cc3ccccc3)CC2)C1. The first-order chi connectivity index (χ1) is 17.8. The number of piperidine rings is 1. The van der Waals surface area contributed by atoms with E-state index in [0.29, 0.717) is 17.4 Å². The second-order valence-electron chi connectivity index (χ2n) is 11.8. The van der Waals surface area contributed by atoms with Crippen molar-refractivity contribution in [1.82, 2.24) is 4.90 Å². The molecule has 1 saturated heterocycles. The van der Waals surface area contributed by atoms with Gasteiger partial charge in [-0.1, -0.05) is 69.3 Å². The van der Waals surface area contributed by atoms with Crippen LogP contribution in [0.25, 0.3) is 0 Å². The maximum Gasteiger partial charge on any atom is 0.257 e. The van der Waals surface area contributed by atoms with Gasteiger partial charge in [-0.05, 0) is 79.0 Å². The van der Waals surface area contributed by atoms with Gasteiger partial charge in [-0.3, -0.25) is 9.59 Å². The van der Waals surface area contributed by atoms with Crippen molar-refractivity contribution in [2.45, 2.75) is 59.3 Å². The summed E-state index contributed by atoms with van der Waals surface area (Å²) in [4.78, 5) is 30.4. The van der Waals surface area contributed by atoms with E-state index in [1.807, 2.05) is 35.2 Å². The summed E-state index contributed by atoms with van der Waals surface area (Å²) in [5, 5.41) is 3.86. The van der Waals surface area contributed by atoms with Crippen molar-refractivity contribution in [3.63, 3.8) is 0 Å². The molecule has 4 nitrogen and oxygen atoms in total. The van der Waals surface area contributed by atoms with Gasteiger partial charge in [0.05, 0.1) is 5.56 Å². The quantitative estimate of drug-likeness (QED) is 0.390. The van der Waals surface area contributed by atoms with Gasteiger partial charge < -0.3 is 10.2 Å². The van der Waals surface area contributed by atoms with Crippen LogP contribution in [-0.4, -0.2) is 29.8 Å². The Morgan fingerprint density at radius 3 is 2.24 bits per heavy atom. The van der Waals surface area contributed by atoms with Crippen molar-refractivity contribution in [2.24, 2.45) is 17.3 Å². The molecule has 2 heterocycles. The third-order valence-corrected chi connectivity index (χ3v) is 9.41. The molecule has 0 spiro atoms. The molecule has 1 aromatic heterocycles. The van der Waals surface area contributed by atoms with Gasteiger partial charge in [0, 0.05) is 23.5 Å². The molecule has 194 valence electrons. The van der Waals surface area contributed by atoms with E-state index in [1.165, 1.54) is 16.0 Å². The van der Waals surface area contributed by atoms with Crippen molar-refractivity contribution >= 4 is 28.2 Å². The number of hydrogen-bond donors (Lipinski definition) is 1. The Kier molecular flexibility index (Phi) is 7.52. The van der Waals surface area contributed by atoms with Gasteiger partial charge in [-0.25, -0.2) is 0 Å². The number of likely N-dealkylation sites (tertiary alicyclic amines) is 1. The molecule has 0 radical (unpaired) electrons. The molecule has 0 bridgehead atoms. The van der Waals surface area contributed by atoms with Gasteiger partial charge >= 0.3 is 0 Å². The minimum atomic E-state index is -0.151. The number of hydrogen-bond acceptors (Lipinski definition) is 3. The molecule has 3 aromatic rings. The summed E-state index contributed by atoms with van der Waals surface area (Å²) in [7, 11) is 0. The first-order valence-electron chi connectivity index (χ1n) is 13.6. The first kappa shape index (κ1) is 25.7. The van der Waals surface area contributed by atoms with E-state index < -0.39 is 0 Å². The van der Waals surface area contributed by atoms with Crippen LogP contribution in [0.5, 0.6) is 0 Å². The molecule has 0 saturated carbocycles. The van der Waals surface area contributed by atoms with Crippen molar-refractivity contribution in [1.29, 1.82) is 0 Å². The van der Waals surface area contributed by atoms with E-state index in [2.05, 4.69) is 56.4 Å². The highest BCUT2D eigenvalue weighted by Gasteiger charge is 2.36. The fourth-order valence-electron chi connectivity index (χ4n) is 5.85. The highest BCUT2D eigenvalue weighted by atomic mass is 32.1. The average Bonchev–Trinajstić information content (AvgIpc) is 3.26. The fraction of sp³-hybridized carbons (Fsp3) is 0.438. The van der Waals surface area contributed by atoms with E-state index in [-0.39, 0.29) is 17.2 Å². The molecular weight excluding hydrogens is 476 g/mol. The first-order valence-corrected chi connectivity index (χ1v) is 14.5. The third-order valence-electron chi connectivity index (χ3n) is 8.24. The number of fused-ring (bicyclic) bond motifs is 1. The fourth-order valence-corrected chi connectivity index (χ4v) is 7.16. The third kappa shape index (κ3) is 5.82. The highest BCUT2D eigenvalue weighted by molar-refractivity contribution is 7.17. The van der Waals surface area contributed by atoms with Gasteiger partial charge in [-0.2, -0.15) is 0 Å². The second kappa shape index (κ2) is 10.8. The lowest BCUT2D eigenvalue weighted by molar-refractivity contribution is 0.0690. The van der Waals surface area contributed by atoms with Crippen LogP contribution in [0.2, 0.25) is 0 Å². The number of rotatable bonds is 5. The lowest BCUT2D eigenvalue weighted by Crippen LogP contribution is -2.39. The van der Waals surface area contributed by atoms with Crippen LogP contribution in [-0.2, 0) is 19.3 Å². The Labute approximate surface area is 225 Å². The zero-order chi connectivity index (χ0) is 26.0. The van der Waals surface area contributed by atoms with E-state index in [0.717, 1.165) is 62.2 Å². The summed E-state index contributed by atoms with van der Waals surface area (Å²) in [5.41, 5.74) is 4.13. The van der Waals surface area contributed by atoms with Crippen LogP contribution in [0, 0.1) is 17.3 Å². The number of carbonyl (C=O) groups is 2. The second-order valence-corrected chi connectivity index (χ2v) is 12.9. The van der Waals surface area contributed by atoms with Crippen molar-refractivity contribution < 1.29 is 9.59 Å². The summed E-state index contributed by atoms with van der Waals surface area (Å²) in [5.74, 6) is 1.12. The smallest absolute Gasteiger partial charge is 0.257 e. The van der Waals surface area contributed by atoms with Crippen LogP contribution < -0.4 is 5.32 Å². The molecular formula is C32H38N2O2S. The lowest BCUT2D eigenvalue weighted by atomic mass is 9.72. The molecule has 2 aromatic carbocycles. The maximum atomic E-state index is 14.0. The minimum Gasteiger partial charge on any atom is -0.339 e. The predicted molar refractivity (Wildman–Crippen MR) is 152 cm³/mol. The van der Waals surface area contributed by atoms with E-state index >= 15 is 0 Å². The predicted octanol–water partition coefficient (Wildman–Crippen LogP) is 7.25. The molecule has 1 N–H and O–H groups in total. The van der Waals surface area contributed by atoms with Gasteiger partial charge in [0.2, 0.25) is 0 Å². The molecule has 1 fully saturated rings. The topological polar surface area (TPSA) is 49.4 Å². The monoisotopic (exact) mass is 514 g/mol. The highest BCUT2D eigenvalue weighted by Crippen LogP contribution is 2.45. The van der Waals surface area contributed by atoms with Gasteiger partial charge in [0.15, 0.2) is 0 Å². The molecule has 5 rings (SSSR count). The van der Waals surface area contributed by atoms with Crippen LogP contribution in [0.15, 0.2) is 60.7 Å².